The van der Waals surface area contributed by atoms with Crippen molar-refractivity contribution in [1.82, 2.24) is 0 Å². The summed E-state index contributed by atoms with van der Waals surface area (Å²) in [5, 5.41) is 0. The maximum atomic E-state index is 11.6. The van der Waals surface area contributed by atoms with Crippen LogP contribution in [0.4, 0.5) is 0 Å². The van der Waals surface area contributed by atoms with Gasteiger partial charge in [-0.05, 0) is 120 Å². The molecule has 4 fully saturated rings. The molecule has 3 nitrogen and oxygen atoms in total. The molecular weight excluding hydrogens is 554 g/mol. The maximum Gasteiger partial charge on any atom is 0.333 e. The van der Waals surface area contributed by atoms with Crippen LogP contribution in [0.2, 0.25) is 0 Å². The second kappa shape index (κ2) is 6.94. The predicted octanol–water partition coefficient (Wildman–Crippen LogP) is 5.72. The lowest BCUT2D eigenvalue weighted by Gasteiger charge is -2.42. The van der Waals surface area contributed by atoms with Crippen molar-refractivity contribution in [3.63, 3.8) is 0 Å². The topological polar surface area (TPSA) is 35.5 Å². The Balaban J connectivity index is 1.53. The zero-order valence-electron chi connectivity index (χ0n) is 15.2. The second-order valence-corrected chi connectivity index (χ2v) is 10.7. The number of benzene rings is 1. The molecule has 0 amide bonds. The van der Waals surface area contributed by atoms with E-state index in [-0.39, 0.29) is 18.2 Å². The molecule has 1 aromatic carbocycles. The average molecular weight is 578 g/mol. The van der Waals surface area contributed by atoms with Gasteiger partial charge in [0, 0.05) is 11.5 Å². The van der Waals surface area contributed by atoms with E-state index in [9.17, 15) is 4.79 Å². The van der Waals surface area contributed by atoms with Crippen LogP contribution in [0.3, 0.4) is 0 Å². The number of hydrogen-bond acceptors (Lipinski definition) is 3. The summed E-state index contributed by atoms with van der Waals surface area (Å²) in [6.07, 6.45) is 5.45. The van der Waals surface area contributed by atoms with Crippen molar-refractivity contribution in [2.45, 2.75) is 51.7 Å². The van der Waals surface area contributed by atoms with Gasteiger partial charge in [-0.2, -0.15) is 0 Å². The number of esters is 1. The zero-order chi connectivity index (χ0) is 18.6. The van der Waals surface area contributed by atoms with Gasteiger partial charge in [-0.25, -0.2) is 4.79 Å². The Morgan fingerprint density at radius 1 is 1.23 bits per heavy atom. The number of carbonyl (C=O) groups excluding carboxylic acids is 1. The fraction of sp³-hybridized carbons (Fsp3) is 0.571. The van der Waals surface area contributed by atoms with Crippen molar-refractivity contribution in [3.8, 4) is 5.75 Å². The first-order valence-electron chi connectivity index (χ1n) is 9.27. The summed E-state index contributed by atoms with van der Waals surface area (Å²) in [5.74, 6) is 3.89. The summed E-state index contributed by atoms with van der Waals surface area (Å²) in [6, 6.07) is 4.13. The molecule has 5 atom stereocenters. The highest BCUT2D eigenvalue weighted by molar-refractivity contribution is 14.1. The molecule has 0 radical (unpaired) electrons. The van der Waals surface area contributed by atoms with Gasteiger partial charge >= 0.3 is 5.97 Å². The molecule has 4 aliphatic rings. The molecular formula is C21H24I2O3. The summed E-state index contributed by atoms with van der Waals surface area (Å²) in [5.41, 5.74) is 1.39. The fourth-order valence-corrected chi connectivity index (χ4v) is 7.59. The lowest BCUT2D eigenvalue weighted by Crippen LogP contribution is -2.46. The van der Waals surface area contributed by atoms with Crippen LogP contribution in [0, 0.1) is 30.8 Å². The molecule has 0 aliphatic heterocycles. The third-order valence-corrected chi connectivity index (χ3v) is 8.25. The molecule has 1 aromatic rings. The third kappa shape index (κ3) is 3.20. The average Bonchev–Trinajstić information content (AvgIpc) is 2.97. The van der Waals surface area contributed by atoms with Gasteiger partial charge < -0.3 is 9.47 Å². The Bertz CT molecular complexity index is 748. The molecule has 5 rings (SSSR count). The molecule has 0 N–H and O–H groups in total. The van der Waals surface area contributed by atoms with E-state index in [2.05, 4.69) is 70.8 Å². The first-order valence-corrected chi connectivity index (χ1v) is 11.4. The van der Waals surface area contributed by atoms with Crippen LogP contribution >= 0.6 is 45.2 Å². The molecule has 0 aromatic heterocycles. The summed E-state index contributed by atoms with van der Waals surface area (Å²) in [6.45, 7) is 7.90. The largest absolute Gasteiger partial charge is 0.485 e. The summed E-state index contributed by atoms with van der Waals surface area (Å²) in [7, 11) is 0. The summed E-state index contributed by atoms with van der Waals surface area (Å²) >= 11 is 4.69. The molecule has 4 bridgehead atoms. The highest BCUT2D eigenvalue weighted by Crippen LogP contribution is 2.64. The molecule has 5 unspecified atom stereocenters. The first-order chi connectivity index (χ1) is 12.3. The minimum Gasteiger partial charge on any atom is -0.485 e. The molecule has 26 heavy (non-hydrogen) atoms. The van der Waals surface area contributed by atoms with Gasteiger partial charge in [-0.15, -0.1) is 0 Å². The molecule has 140 valence electrons. The van der Waals surface area contributed by atoms with E-state index in [0.717, 1.165) is 30.3 Å². The number of halogens is 2. The second-order valence-electron chi connectivity index (χ2n) is 8.40. The third-order valence-electron chi connectivity index (χ3n) is 6.64. The van der Waals surface area contributed by atoms with E-state index < -0.39 is 0 Å². The molecule has 5 heteroatoms. The van der Waals surface area contributed by atoms with Crippen LogP contribution in [0.15, 0.2) is 24.3 Å². The number of ether oxygens (including phenoxy) is 2. The standard InChI is InChI=1S/C21H24I2O3/c1-11(2)20(24)25-10-13-7-17(22)19(18(23)8-13)26-21(3)15-5-12-4-14(9-15)16(21)6-12/h7-8,12,14-16H,1,4-6,9-10H2,2-3H3. The number of hydrogen-bond donors (Lipinski definition) is 0. The van der Waals surface area contributed by atoms with Crippen LogP contribution in [0.25, 0.3) is 0 Å². The van der Waals surface area contributed by atoms with Gasteiger partial charge in [-0.3, -0.25) is 0 Å². The Kier molecular flexibility index (Phi) is 5.08. The van der Waals surface area contributed by atoms with Gasteiger partial charge in [0.1, 0.15) is 18.0 Å². The van der Waals surface area contributed by atoms with Crippen molar-refractivity contribution < 1.29 is 14.3 Å². The minimum atomic E-state index is -0.347. The highest BCUT2D eigenvalue weighted by Gasteiger charge is 2.61. The van der Waals surface area contributed by atoms with Crippen molar-refractivity contribution in [2.75, 3.05) is 0 Å². The van der Waals surface area contributed by atoms with Gasteiger partial charge in [0.2, 0.25) is 0 Å². The Hall–Kier alpha value is -0.310. The lowest BCUT2D eigenvalue weighted by atomic mass is 9.73. The number of carbonyl (C=O) groups is 1. The van der Waals surface area contributed by atoms with Crippen LogP contribution < -0.4 is 4.74 Å². The Labute approximate surface area is 182 Å². The normalized spacial score (nSPS) is 34.2. The quantitative estimate of drug-likeness (QED) is 0.255. The van der Waals surface area contributed by atoms with Crippen molar-refractivity contribution in [1.29, 1.82) is 0 Å². The highest BCUT2D eigenvalue weighted by atomic mass is 127. The Morgan fingerprint density at radius 2 is 1.92 bits per heavy atom. The lowest BCUT2D eigenvalue weighted by molar-refractivity contribution is -0.140. The number of rotatable bonds is 5. The molecule has 0 spiro atoms. The maximum absolute atomic E-state index is 11.6. The van der Waals surface area contributed by atoms with Gasteiger partial charge in [0.15, 0.2) is 0 Å². The van der Waals surface area contributed by atoms with E-state index in [1.54, 1.807) is 6.92 Å². The fourth-order valence-electron chi connectivity index (χ4n) is 5.47. The molecule has 0 heterocycles. The van der Waals surface area contributed by atoms with Crippen molar-refractivity contribution in [2.24, 2.45) is 23.7 Å². The minimum absolute atomic E-state index is 0.0224. The van der Waals surface area contributed by atoms with Gasteiger partial charge in [0.25, 0.3) is 0 Å². The van der Waals surface area contributed by atoms with E-state index in [1.165, 1.54) is 25.7 Å². The van der Waals surface area contributed by atoms with Gasteiger partial charge in [0.05, 0.1) is 7.14 Å². The van der Waals surface area contributed by atoms with E-state index in [1.807, 2.05) is 0 Å². The first kappa shape index (κ1) is 19.0. The van der Waals surface area contributed by atoms with E-state index in [4.69, 9.17) is 9.47 Å². The molecule has 4 aliphatic carbocycles. The van der Waals surface area contributed by atoms with Crippen LogP contribution in [-0.4, -0.2) is 11.6 Å². The monoisotopic (exact) mass is 578 g/mol. The SMILES string of the molecule is C=C(C)C(=O)OCc1cc(I)c(OC2(C)C3CC4CC(C3)C2C4)c(I)c1. The van der Waals surface area contributed by atoms with Crippen molar-refractivity contribution >= 4 is 51.2 Å². The van der Waals surface area contributed by atoms with Crippen LogP contribution in [-0.2, 0) is 16.1 Å². The van der Waals surface area contributed by atoms with Crippen LogP contribution in [0.5, 0.6) is 5.75 Å². The Morgan fingerprint density at radius 3 is 2.54 bits per heavy atom. The van der Waals surface area contributed by atoms with Crippen LogP contribution in [0.1, 0.15) is 45.1 Å². The van der Waals surface area contributed by atoms with Crippen molar-refractivity contribution in [3.05, 3.63) is 37.0 Å². The zero-order valence-corrected chi connectivity index (χ0v) is 19.5. The summed E-state index contributed by atoms with van der Waals surface area (Å²) in [4.78, 5) is 11.6. The predicted molar refractivity (Wildman–Crippen MR) is 118 cm³/mol. The van der Waals surface area contributed by atoms with E-state index in [0.29, 0.717) is 17.4 Å². The molecule has 0 saturated heterocycles. The smallest absolute Gasteiger partial charge is 0.333 e. The van der Waals surface area contributed by atoms with Gasteiger partial charge in [-0.1, -0.05) is 6.58 Å². The summed E-state index contributed by atoms with van der Waals surface area (Å²) < 4.78 is 14.2. The molecule has 4 saturated carbocycles. The van der Waals surface area contributed by atoms with E-state index >= 15 is 0 Å².